The number of aliphatic carboxylic acids is 1. The van der Waals surface area contributed by atoms with E-state index < -0.39 is 17.9 Å². The van der Waals surface area contributed by atoms with Crippen LogP contribution in [0.2, 0.25) is 0 Å². The highest BCUT2D eigenvalue weighted by atomic mass is 16.4. The van der Waals surface area contributed by atoms with Crippen LogP contribution in [0.3, 0.4) is 0 Å². The Bertz CT molecular complexity index is 526. The zero-order valence-corrected chi connectivity index (χ0v) is 11.9. The molecule has 0 aliphatic rings. The second-order valence-electron chi connectivity index (χ2n) is 4.97. The molecule has 0 fully saturated rings. The lowest BCUT2D eigenvalue weighted by Gasteiger charge is -2.16. The molecule has 0 bridgehead atoms. The molecule has 1 aromatic carbocycles. The molecule has 0 heterocycles. The molecule has 0 saturated heterocycles. The van der Waals surface area contributed by atoms with Crippen molar-refractivity contribution in [1.82, 2.24) is 5.32 Å². The second-order valence-corrected chi connectivity index (χ2v) is 4.97. The number of hydrogen-bond donors (Lipinski definition) is 4. The first kappa shape index (κ1) is 16.5. The summed E-state index contributed by atoms with van der Waals surface area (Å²) < 4.78 is 0. The van der Waals surface area contributed by atoms with E-state index in [0.29, 0.717) is 11.3 Å². The summed E-state index contributed by atoms with van der Waals surface area (Å²) in [6, 6.07) is 5.43. The van der Waals surface area contributed by atoms with Crippen LogP contribution in [-0.2, 0) is 4.79 Å². The number of nitrogens with two attached hydrogens (primary N) is 1. The van der Waals surface area contributed by atoms with Crippen molar-refractivity contribution in [2.75, 3.05) is 11.9 Å². The van der Waals surface area contributed by atoms with Crippen molar-refractivity contribution in [2.45, 2.75) is 13.8 Å². The summed E-state index contributed by atoms with van der Waals surface area (Å²) in [7, 11) is 0. The Labute approximate surface area is 122 Å². The van der Waals surface area contributed by atoms with Crippen molar-refractivity contribution in [2.24, 2.45) is 17.6 Å². The van der Waals surface area contributed by atoms with Crippen LogP contribution in [-0.4, -0.2) is 29.6 Å². The van der Waals surface area contributed by atoms with Crippen molar-refractivity contribution in [3.63, 3.8) is 0 Å². The summed E-state index contributed by atoms with van der Waals surface area (Å²) in [5, 5.41) is 14.0. The van der Waals surface area contributed by atoms with E-state index in [1.54, 1.807) is 13.8 Å². The molecule has 21 heavy (non-hydrogen) atoms. The average molecular weight is 293 g/mol. The van der Waals surface area contributed by atoms with Crippen LogP contribution < -0.4 is 16.4 Å². The van der Waals surface area contributed by atoms with Gasteiger partial charge in [0.15, 0.2) is 0 Å². The van der Waals surface area contributed by atoms with Gasteiger partial charge in [-0.3, -0.25) is 9.59 Å². The van der Waals surface area contributed by atoms with E-state index in [1.807, 2.05) is 0 Å². The molecule has 0 saturated carbocycles. The molecule has 3 amide bonds. The summed E-state index contributed by atoms with van der Waals surface area (Å²) in [4.78, 5) is 33.6. The molecule has 7 heteroatoms. The van der Waals surface area contributed by atoms with Gasteiger partial charge in [-0.15, -0.1) is 0 Å². The molecule has 0 radical (unpaired) electrons. The van der Waals surface area contributed by atoms with Crippen LogP contribution in [0.4, 0.5) is 10.5 Å². The van der Waals surface area contributed by atoms with E-state index in [-0.39, 0.29) is 18.4 Å². The zero-order chi connectivity index (χ0) is 16.0. The van der Waals surface area contributed by atoms with E-state index >= 15 is 0 Å². The summed E-state index contributed by atoms with van der Waals surface area (Å²) in [6.45, 7) is 3.64. The fourth-order valence-electron chi connectivity index (χ4n) is 1.76. The molecule has 1 rings (SSSR count). The predicted octanol–water partition coefficient (Wildman–Crippen LogP) is 1.26. The monoisotopic (exact) mass is 293 g/mol. The van der Waals surface area contributed by atoms with E-state index in [2.05, 4.69) is 10.6 Å². The fraction of sp³-hybridized carbons (Fsp3) is 0.357. The van der Waals surface area contributed by atoms with Crippen molar-refractivity contribution in [1.29, 1.82) is 0 Å². The highest BCUT2D eigenvalue weighted by Gasteiger charge is 2.22. The molecule has 0 aliphatic carbocycles. The van der Waals surface area contributed by atoms with Crippen molar-refractivity contribution in [3.8, 4) is 0 Å². The summed E-state index contributed by atoms with van der Waals surface area (Å²) >= 11 is 0. The standard InChI is InChI=1S/C14H19N3O4/c1-8(2)11(13(19)20)7-16-12(18)9-3-5-10(6-4-9)17-14(15)21/h3-6,8,11H,7H2,1-2H3,(H,16,18)(H,19,20)(H3,15,17,21). The van der Waals surface area contributed by atoms with Crippen molar-refractivity contribution in [3.05, 3.63) is 29.8 Å². The number of carboxylic acid groups (broad SMARTS) is 1. The maximum absolute atomic E-state index is 11.9. The average Bonchev–Trinajstić information content (AvgIpc) is 2.38. The first-order valence-electron chi connectivity index (χ1n) is 6.48. The van der Waals surface area contributed by atoms with E-state index in [4.69, 9.17) is 10.8 Å². The number of urea groups is 1. The van der Waals surface area contributed by atoms with Crippen molar-refractivity contribution >= 4 is 23.6 Å². The Morgan fingerprint density at radius 3 is 2.19 bits per heavy atom. The Kier molecular flexibility index (Phi) is 5.71. The highest BCUT2D eigenvalue weighted by Crippen LogP contribution is 2.12. The smallest absolute Gasteiger partial charge is 0.316 e. The Morgan fingerprint density at radius 2 is 1.76 bits per heavy atom. The lowest BCUT2D eigenvalue weighted by molar-refractivity contribution is -0.142. The van der Waals surface area contributed by atoms with Crippen LogP contribution in [0.15, 0.2) is 24.3 Å². The van der Waals surface area contributed by atoms with Gasteiger partial charge in [-0.2, -0.15) is 0 Å². The van der Waals surface area contributed by atoms with Gasteiger partial charge in [0.1, 0.15) is 0 Å². The zero-order valence-electron chi connectivity index (χ0n) is 11.9. The van der Waals surface area contributed by atoms with E-state index in [9.17, 15) is 14.4 Å². The fourth-order valence-corrected chi connectivity index (χ4v) is 1.76. The first-order valence-corrected chi connectivity index (χ1v) is 6.48. The third-order valence-electron chi connectivity index (χ3n) is 3.02. The summed E-state index contributed by atoms with van der Waals surface area (Å²) in [5.41, 5.74) is 5.82. The number of carbonyl (C=O) groups excluding carboxylic acids is 2. The third-order valence-corrected chi connectivity index (χ3v) is 3.02. The number of hydrogen-bond acceptors (Lipinski definition) is 3. The largest absolute Gasteiger partial charge is 0.481 e. The van der Waals surface area contributed by atoms with Crippen molar-refractivity contribution < 1.29 is 19.5 Å². The Balaban J connectivity index is 2.63. The number of benzene rings is 1. The maximum atomic E-state index is 11.9. The minimum Gasteiger partial charge on any atom is -0.481 e. The van der Waals surface area contributed by atoms with Gasteiger partial charge in [0, 0.05) is 17.8 Å². The minimum absolute atomic E-state index is 0.0626. The minimum atomic E-state index is -0.939. The second kappa shape index (κ2) is 7.28. The van der Waals surface area contributed by atoms with Gasteiger partial charge in [-0.25, -0.2) is 4.79 Å². The highest BCUT2D eigenvalue weighted by molar-refractivity contribution is 5.95. The maximum Gasteiger partial charge on any atom is 0.316 e. The Morgan fingerprint density at radius 1 is 1.19 bits per heavy atom. The topological polar surface area (TPSA) is 122 Å². The third kappa shape index (κ3) is 5.13. The van der Waals surface area contributed by atoms with Gasteiger partial charge < -0.3 is 21.5 Å². The molecular formula is C14H19N3O4. The molecule has 5 N–H and O–H groups in total. The molecule has 1 aromatic rings. The predicted molar refractivity (Wildman–Crippen MR) is 77.9 cm³/mol. The van der Waals surface area contributed by atoms with Gasteiger partial charge in [0.05, 0.1) is 5.92 Å². The molecule has 0 spiro atoms. The number of rotatable bonds is 6. The van der Waals surface area contributed by atoms with Crippen LogP contribution >= 0.6 is 0 Å². The number of nitrogens with one attached hydrogen (secondary N) is 2. The van der Waals surface area contributed by atoms with Gasteiger partial charge in [0.2, 0.25) is 0 Å². The van der Waals surface area contributed by atoms with Crippen LogP contribution in [0.25, 0.3) is 0 Å². The first-order chi connectivity index (χ1) is 9.81. The normalized spacial score (nSPS) is 11.8. The molecule has 7 nitrogen and oxygen atoms in total. The van der Waals surface area contributed by atoms with E-state index in [1.165, 1.54) is 24.3 Å². The number of carbonyl (C=O) groups is 3. The lowest BCUT2D eigenvalue weighted by Crippen LogP contribution is -2.35. The number of amides is 3. The molecule has 0 aromatic heterocycles. The number of carboxylic acids is 1. The number of anilines is 1. The van der Waals surface area contributed by atoms with E-state index in [0.717, 1.165) is 0 Å². The lowest BCUT2D eigenvalue weighted by atomic mass is 9.96. The van der Waals surface area contributed by atoms with Gasteiger partial charge in [-0.1, -0.05) is 13.8 Å². The molecule has 1 atom stereocenters. The molecular weight excluding hydrogens is 274 g/mol. The summed E-state index contributed by atoms with van der Waals surface area (Å²) in [5.74, 6) is -2.02. The van der Waals surface area contributed by atoms with Gasteiger partial charge in [-0.05, 0) is 30.2 Å². The number of primary amides is 1. The molecule has 114 valence electrons. The van der Waals surface area contributed by atoms with Gasteiger partial charge >= 0.3 is 12.0 Å². The van der Waals surface area contributed by atoms with Gasteiger partial charge in [0.25, 0.3) is 5.91 Å². The van der Waals surface area contributed by atoms with Crippen LogP contribution in [0.1, 0.15) is 24.2 Å². The van der Waals surface area contributed by atoms with Crippen LogP contribution in [0.5, 0.6) is 0 Å². The van der Waals surface area contributed by atoms with Crippen LogP contribution in [0, 0.1) is 11.8 Å². The quantitative estimate of drug-likeness (QED) is 0.630. The molecule has 0 aliphatic heterocycles. The molecule has 1 unspecified atom stereocenters. The SMILES string of the molecule is CC(C)C(CNC(=O)c1ccc(NC(N)=O)cc1)C(=O)O. The Hall–Kier alpha value is -2.57. The summed E-state index contributed by atoms with van der Waals surface area (Å²) in [6.07, 6.45) is 0.